The van der Waals surface area contributed by atoms with Crippen LogP contribution in [-0.4, -0.2) is 115 Å². The van der Waals surface area contributed by atoms with Crippen molar-refractivity contribution < 1.29 is 28.7 Å². The predicted octanol–water partition coefficient (Wildman–Crippen LogP) is 1.26. The van der Waals surface area contributed by atoms with E-state index in [2.05, 4.69) is 15.6 Å². The molecule has 2 aliphatic heterocycles. The van der Waals surface area contributed by atoms with Crippen LogP contribution in [0.15, 0.2) is 18.5 Å². The summed E-state index contributed by atoms with van der Waals surface area (Å²) >= 11 is 0. The van der Waals surface area contributed by atoms with Crippen LogP contribution in [0.1, 0.15) is 56.8 Å². The van der Waals surface area contributed by atoms with Crippen LogP contribution in [-0.2, 0) is 14.3 Å². The average Bonchev–Trinajstić information content (AvgIpc) is 3.23. The summed E-state index contributed by atoms with van der Waals surface area (Å²) in [4.78, 5) is 61.0. The molecule has 3 atom stereocenters. The maximum atomic E-state index is 13.9. The molecule has 0 saturated carbocycles. The molecule has 12 heteroatoms. The third-order valence-electron chi connectivity index (χ3n) is 6.50. The summed E-state index contributed by atoms with van der Waals surface area (Å²) in [5.41, 5.74) is -0.237. The van der Waals surface area contributed by atoms with Crippen LogP contribution in [0.3, 0.4) is 0 Å². The Kier molecular flexibility index (Phi) is 10.1. The Hall–Kier alpha value is -3.41. The number of carbonyl (C=O) groups is 4. The van der Waals surface area contributed by atoms with Crippen LogP contribution >= 0.6 is 0 Å². The summed E-state index contributed by atoms with van der Waals surface area (Å²) in [6, 6.07) is 0.175. The topological polar surface area (TPSA) is 133 Å². The lowest BCUT2D eigenvalue weighted by Gasteiger charge is -2.29. The Morgan fingerprint density at radius 3 is 2.62 bits per heavy atom. The zero-order valence-corrected chi connectivity index (χ0v) is 23.9. The standard InChI is InChI=1S/C27H42N6O6/c1-27(2,3)39-26(37)29-19-12-20-17-38-21-11-18(13-28-14-21)24(35)32(6)10-8-7-9-22(25(36)33(20)15-19)30-23(34)16-31(4)5/h11,13-14,19-20,22H,7-10,12,15-17H2,1-6H3,(H,29,37)(H,30,34)/t19-,20-,22-/m0/s1. The number of carbonyl (C=O) groups excluding carboxylic acids is 4. The highest BCUT2D eigenvalue weighted by molar-refractivity contribution is 5.94. The lowest BCUT2D eigenvalue weighted by Crippen LogP contribution is -2.52. The number of amides is 4. The number of pyridine rings is 1. The van der Waals surface area contributed by atoms with Crippen LogP contribution in [0, 0.1) is 0 Å². The van der Waals surface area contributed by atoms with E-state index in [-0.39, 0.29) is 49.5 Å². The number of aromatic nitrogens is 1. The van der Waals surface area contributed by atoms with Gasteiger partial charge in [-0.05, 0) is 66.6 Å². The van der Waals surface area contributed by atoms with Crippen molar-refractivity contribution in [1.82, 2.24) is 30.3 Å². The fourth-order valence-electron chi connectivity index (χ4n) is 4.73. The molecular formula is C27H42N6O6. The van der Waals surface area contributed by atoms with Gasteiger partial charge in [-0.2, -0.15) is 0 Å². The summed E-state index contributed by atoms with van der Waals surface area (Å²) in [5, 5.41) is 5.77. The highest BCUT2D eigenvalue weighted by Crippen LogP contribution is 2.23. The monoisotopic (exact) mass is 546 g/mol. The molecule has 0 radical (unpaired) electrons. The van der Waals surface area contributed by atoms with E-state index in [9.17, 15) is 19.2 Å². The molecular weight excluding hydrogens is 504 g/mol. The minimum absolute atomic E-state index is 0.131. The first-order chi connectivity index (χ1) is 18.3. The highest BCUT2D eigenvalue weighted by Gasteiger charge is 2.40. The quantitative estimate of drug-likeness (QED) is 0.577. The van der Waals surface area contributed by atoms with E-state index in [0.717, 1.165) is 0 Å². The molecule has 0 unspecified atom stereocenters. The molecule has 216 valence electrons. The van der Waals surface area contributed by atoms with E-state index in [1.54, 1.807) is 62.7 Å². The average molecular weight is 547 g/mol. The summed E-state index contributed by atoms with van der Waals surface area (Å²) in [7, 11) is 5.30. The largest absolute Gasteiger partial charge is 0.490 e. The normalized spacial score (nSPS) is 22.9. The number of rotatable bonds is 4. The number of nitrogens with one attached hydrogen (secondary N) is 2. The van der Waals surface area contributed by atoms with Crippen LogP contribution in [0.4, 0.5) is 4.79 Å². The molecule has 1 aromatic rings. The van der Waals surface area contributed by atoms with Gasteiger partial charge in [0.05, 0.1) is 30.4 Å². The Labute approximate surface area is 230 Å². The first-order valence-electron chi connectivity index (χ1n) is 13.4. The predicted molar refractivity (Wildman–Crippen MR) is 144 cm³/mol. The molecule has 2 aliphatic rings. The number of alkyl carbamates (subject to hydrolysis) is 1. The number of likely N-dealkylation sites (N-methyl/N-ethyl adjacent to an activating group) is 1. The third kappa shape index (κ3) is 9.09. The van der Waals surface area contributed by atoms with Crippen LogP contribution in [0.2, 0.25) is 0 Å². The van der Waals surface area contributed by atoms with Gasteiger partial charge >= 0.3 is 6.09 Å². The van der Waals surface area contributed by atoms with E-state index >= 15 is 0 Å². The van der Waals surface area contributed by atoms with E-state index in [1.807, 2.05) is 0 Å². The third-order valence-corrected chi connectivity index (χ3v) is 6.50. The van der Waals surface area contributed by atoms with Gasteiger partial charge in [0.2, 0.25) is 11.8 Å². The second-order valence-corrected chi connectivity index (χ2v) is 11.5. The van der Waals surface area contributed by atoms with Gasteiger partial charge in [-0.3, -0.25) is 19.4 Å². The smallest absolute Gasteiger partial charge is 0.407 e. The Bertz CT molecular complexity index is 1040. The molecule has 3 rings (SSSR count). The molecule has 3 heterocycles. The summed E-state index contributed by atoms with van der Waals surface area (Å²) < 4.78 is 11.4. The second-order valence-electron chi connectivity index (χ2n) is 11.5. The van der Waals surface area contributed by atoms with Crippen molar-refractivity contribution in [3.63, 3.8) is 0 Å². The molecule has 12 nitrogen and oxygen atoms in total. The van der Waals surface area contributed by atoms with Crippen LogP contribution in [0.25, 0.3) is 0 Å². The van der Waals surface area contributed by atoms with Crippen molar-refractivity contribution in [3.05, 3.63) is 24.0 Å². The molecule has 1 aromatic heterocycles. The first-order valence-corrected chi connectivity index (χ1v) is 13.4. The molecule has 1 fully saturated rings. The van der Waals surface area contributed by atoms with Gasteiger partial charge in [-0.1, -0.05) is 0 Å². The zero-order valence-electron chi connectivity index (χ0n) is 23.9. The first kappa shape index (κ1) is 30.1. The fraction of sp³-hybridized carbons (Fsp3) is 0.667. The molecule has 2 bridgehead atoms. The zero-order chi connectivity index (χ0) is 28.7. The summed E-state index contributed by atoms with van der Waals surface area (Å²) in [6.45, 7) is 6.39. The maximum Gasteiger partial charge on any atom is 0.407 e. The number of ether oxygens (including phenoxy) is 2. The maximum absolute atomic E-state index is 13.9. The molecule has 39 heavy (non-hydrogen) atoms. The van der Waals surface area contributed by atoms with Crippen molar-refractivity contribution in [2.24, 2.45) is 0 Å². The lowest BCUT2D eigenvalue weighted by atomic mass is 10.1. The van der Waals surface area contributed by atoms with E-state index in [0.29, 0.717) is 43.5 Å². The van der Waals surface area contributed by atoms with Crippen molar-refractivity contribution >= 4 is 23.8 Å². The molecule has 0 aliphatic carbocycles. The van der Waals surface area contributed by atoms with Gasteiger partial charge in [0.15, 0.2) is 0 Å². The Morgan fingerprint density at radius 2 is 1.92 bits per heavy atom. The summed E-state index contributed by atoms with van der Waals surface area (Å²) in [5.74, 6) is -0.230. The van der Waals surface area contributed by atoms with Crippen LogP contribution < -0.4 is 15.4 Å². The van der Waals surface area contributed by atoms with Gasteiger partial charge in [0.1, 0.15) is 24.0 Å². The second kappa shape index (κ2) is 13.1. The summed E-state index contributed by atoms with van der Waals surface area (Å²) in [6.07, 6.45) is 4.62. The number of nitrogens with zero attached hydrogens (tertiary/aromatic N) is 4. The van der Waals surface area contributed by atoms with E-state index < -0.39 is 17.7 Å². The van der Waals surface area contributed by atoms with E-state index in [1.165, 1.54) is 12.4 Å². The Balaban J connectivity index is 1.85. The van der Waals surface area contributed by atoms with Gasteiger partial charge in [-0.15, -0.1) is 0 Å². The van der Waals surface area contributed by atoms with Gasteiger partial charge in [0.25, 0.3) is 5.91 Å². The highest BCUT2D eigenvalue weighted by atomic mass is 16.6. The molecule has 4 amide bonds. The Morgan fingerprint density at radius 1 is 1.18 bits per heavy atom. The molecule has 2 N–H and O–H groups in total. The molecule has 0 spiro atoms. The van der Waals surface area contributed by atoms with Crippen LogP contribution in [0.5, 0.6) is 5.75 Å². The number of fused-ring (bicyclic) bond motifs is 3. The van der Waals surface area contributed by atoms with Gasteiger partial charge in [0, 0.05) is 26.3 Å². The SMILES string of the molecule is CN(C)CC(=O)N[C@H]1CCCCN(C)C(=O)c2cncc(c2)OC[C@@H]2C[C@H](NC(=O)OC(C)(C)C)CN2C1=O. The fourth-order valence-corrected chi connectivity index (χ4v) is 4.73. The van der Waals surface area contributed by atoms with Crippen molar-refractivity contribution in [2.75, 3.05) is 47.4 Å². The van der Waals surface area contributed by atoms with Gasteiger partial charge < -0.3 is 34.8 Å². The lowest BCUT2D eigenvalue weighted by molar-refractivity contribution is -0.138. The van der Waals surface area contributed by atoms with Crippen molar-refractivity contribution in [2.45, 2.75) is 70.2 Å². The van der Waals surface area contributed by atoms with Crippen molar-refractivity contribution in [3.8, 4) is 5.75 Å². The minimum atomic E-state index is -0.742. The molecule has 0 aromatic carbocycles. The van der Waals surface area contributed by atoms with Crippen molar-refractivity contribution in [1.29, 1.82) is 0 Å². The minimum Gasteiger partial charge on any atom is -0.490 e. The van der Waals surface area contributed by atoms with Gasteiger partial charge in [-0.25, -0.2) is 4.79 Å². The number of hydrogen-bond acceptors (Lipinski definition) is 8. The molecule has 1 saturated heterocycles. The number of hydrogen-bond donors (Lipinski definition) is 2. The van der Waals surface area contributed by atoms with E-state index in [4.69, 9.17) is 9.47 Å².